The van der Waals surface area contributed by atoms with Gasteiger partial charge < -0.3 is 0 Å². The molecule has 0 radical (unpaired) electrons. The Bertz CT molecular complexity index is 258. The Balaban J connectivity index is 2.70. The van der Waals surface area contributed by atoms with Gasteiger partial charge in [-0.15, -0.1) is 0 Å². The Morgan fingerprint density at radius 3 is 1.85 bits per heavy atom. The van der Waals surface area contributed by atoms with Crippen LogP contribution in [0.2, 0.25) is 0 Å². The molecule has 0 N–H and O–H groups in total. The van der Waals surface area contributed by atoms with Crippen molar-refractivity contribution in [2.75, 3.05) is 20.0 Å². The van der Waals surface area contributed by atoms with E-state index in [0.29, 0.717) is 0 Å². The minimum absolute atomic E-state index is 0.937. The zero-order valence-corrected chi connectivity index (χ0v) is 11.2. The zero-order chi connectivity index (χ0) is 9.90. The van der Waals surface area contributed by atoms with Crippen molar-refractivity contribution in [3.8, 4) is 0 Å². The first kappa shape index (κ1) is 11.2. The van der Waals surface area contributed by atoms with Crippen LogP contribution in [0.15, 0.2) is 24.3 Å². The third-order valence-electron chi connectivity index (χ3n) is 1.91. The van der Waals surface area contributed by atoms with E-state index < -0.39 is 7.26 Å². The van der Waals surface area contributed by atoms with E-state index in [2.05, 4.69) is 60.2 Å². The predicted molar refractivity (Wildman–Crippen MR) is 68.9 cm³/mol. The van der Waals surface area contributed by atoms with Gasteiger partial charge in [-0.1, -0.05) is 0 Å². The van der Waals surface area contributed by atoms with Crippen LogP contribution in [-0.2, 0) is 11.5 Å². The summed E-state index contributed by atoms with van der Waals surface area (Å²) in [5.41, 5.74) is 2.85. The summed E-state index contributed by atoms with van der Waals surface area (Å²) in [5, 5.41) is 0.959. The van der Waals surface area contributed by atoms with Gasteiger partial charge in [0.25, 0.3) is 0 Å². The molecule has 1 aromatic rings. The van der Waals surface area contributed by atoms with Crippen molar-refractivity contribution in [3.63, 3.8) is 0 Å². The van der Waals surface area contributed by atoms with Gasteiger partial charge in [-0.25, -0.2) is 0 Å². The van der Waals surface area contributed by atoms with Crippen LogP contribution >= 0.6 is 23.2 Å². The van der Waals surface area contributed by atoms with Gasteiger partial charge in [0.15, 0.2) is 0 Å². The summed E-state index contributed by atoms with van der Waals surface area (Å²) in [6.07, 6.45) is 1.29. The summed E-state index contributed by atoms with van der Waals surface area (Å²) < 4.78 is 0. The second kappa shape index (κ2) is 4.57. The molecule has 0 bridgehead atoms. The molecule has 1 aromatic carbocycles. The van der Waals surface area contributed by atoms with E-state index in [9.17, 15) is 0 Å². The molecule has 0 amide bonds. The molecule has 0 aliphatic carbocycles. The molecule has 74 valence electrons. The quantitative estimate of drug-likeness (QED) is 0.574. The van der Waals surface area contributed by atoms with Crippen molar-refractivity contribution in [1.29, 1.82) is 0 Å². The molecular formula is C11H18BrP. The Hall–Kier alpha value is 0.130. The molecule has 0 saturated carbocycles. The second-order valence-electron chi connectivity index (χ2n) is 4.69. The van der Waals surface area contributed by atoms with E-state index in [4.69, 9.17) is 0 Å². The van der Waals surface area contributed by atoms with Gasteiger partial charge in [0.05, 0.1) is 0 Å². The van der Waals surface area contributed by atoms with Crippen molar-refractivity contribution in [3.05, 3.63) is 35.4 Å². The first-order valence-corrected chi connectivity index (χ1v) is 9.48. The molecule has 0 heterocycles. The molecule has 0 nitrogen and oxygen atoms in total. The fourth-order valence-corrected chi connectivity index (χ4v) is 3.19. The van der Waals surface area contributed by atoms with Crippen LogP contribution in [0.5, 0.6) is 0 Å². The summed E-state index contributed by atoms with van der Waals surface area (Å²) in [6, 6.07) is 8.94. The molecule has 0 unspecified atom stereocenters. The van der Waals surface area contributed by atoms with Gasteiger partial charge in [-0.05, 0) is 0 Å². The molecule has 0 fully saturated rings. The first-order chi connectivity index (χ1) is 6.01. The van der Waals surface area contributed by atoms with E-state index in [0.717, 1.165) is 5.33 Å². The Kier molecular flexibility index (Phi) is 3.94. The topological polar surface area (TPSA) is 0 Å². The van der Waals surface area contributed by atoms with Gasteiger partial charge in [0.1, 0.15) is 0 Å². The van der Waals surface area contributed by atoms with Crippen LogP contribution in [0.1, 0.15) is 11.1 Å². The molecule has 0 spiro atoms. The number of rotatable bonds is 3. The summed E-state index contributed by atoms with van der Waals surface area (Å²) in [7, 11) is -0.937. The fourth-order valence-electron chi connectivity index (χ4n) is 1.36. The number of hydrogen-bond acceptors (Lipinski definition) is 0. The van der Waals surface area contributed by atoms with Gasteiger partial charge in [0, 0.05) is 0 Å². The molecular weight excluding hydrogens is 243 g/mol. The van der Waals surface area contributed by atoms with Crippen LogP contribution in [0, 0.1) is 0 Å². The van der Waals surface area contributed by atoms with E-state index in [-0.39, 0.29) is 0 Å². The average Bonchev–Trinajstić information content (AvgIpc) is 2.03. The van der Waals surface area contributed by atoms with Crippen molar-refractivity contribution in [1.82, 2.24) is 0 Å². The molecule has 0 saturated heterocycles. The third-order valence-corrected chi connectivity index (χ3v) is 4.03. The Morgan fingerprint density at radius 2 is 1.46 bits per heavy atom. The Morgan fingerprint density at radius 1 is 1.00 bits per heavy atom. The van der Waals surface area contributed by atoms with E-state index >= 15 is 0 Å². The molecule has 1 rings (SSSR count). The number of benzene rings is 1. The molecule has 0 atom stereocenters. The molecule has 0 aromatic heterocycles. The fraction of sp³-hybridized carbons (Fsp3) is 0.455. The van der Waals surface area contributed by atoms with Crippen LogP contribution in [0.4, 0.5) is 0 Å². The monoisotopic (exact) mass is 260 g/mol. The van der Waals surface area contributed by atoms with Crippen molar-refractivity contribution in [2.45, 2.75) is 11.5 Å². The van der Waals surface area contributed by atoms with E-state index in [1.54, 1.807) is 0 Å². The molecule has 0 aliphatic heterocycles. The minimum atomic E-state index is -0.937. The van der Waals surface area contributed by atoms with E-state index in [1.807, 2.05) is 0 Å². The second-order valence-corrected chi connectivity index (χ2v) is 10.7. The summed E-state index contributed by atoms with van der Waals surface area (Å²) in [4.78, 5) is 0. The van der Waals surface area contributed by atoms with Gasteiger partial charge in [-0.2, -0.15) is 0 Å². The maximum absolute atomic E-state index is 3.45. The van der Waals surface area contributed by atoms with Crippen LogP contribution in [-0.4, -0.2) is 20.0 Å². The van der Waals surface area contributed by atoms with Crippen molar-refractivity contribution in [2.24, 2.45) is 0 Å². The number of hydrogen-bond donors (Lipinski definition) is 0. The van der Waals surface area contributed by atoms with Crippen LogP contribution < -0.4 is 0 Å². The van der Waals surface area contributed by atoms with Crippen LogP contribution in [0.3, 0.4) is 0 Å². The standard InChI is InChI=1S/C11H18BrP/c1-13(2,3)9-11-6-4-10(8-12)5-7-11/h4-7,13H,8-9H2,1-3H3. The summed E-state index contributed by atoms with van der Waals surface area (Å²) in [6.45, 7) is 7.22. The number of halogens is 1. The van der Waals surface area contributed by atoms with Gasteiger partial charge in [0.2, 0.25) is 0 Å². The molecule has 2 heteroatoms. The summed E-state index contributed by atoms with van der Waals surface area (Å²) >= 11 is 3.45. The van der Waals surface area contributed by atoms with Crippen molar-refractivity contribution >= 4 is 23.2 Å². The average molecular weight is 261 g/mol. The summed E-state index contributed by atoms with van der Waals surface area (Å²) in [5.74, 6) is 0. The molecule has 13 heavy (non-hydrogen) atoms. The normalized spacial score (nSPS) is 12.9. The van der Waals surface area contributed by atoms with Crippen LogP contribution in [0.25, 0.3) is 0 Å². The first-order valence-electron chi connectivity index (χ1n) is 4.65. The predicted octanol–water partition coefficient (Wildman–Crippen LogP) is 3.72. The molecule has 0 aliphatic rings. The maximum atomic E-state index is 3.45. The van der Waals surface area contributed by atoms with Gasteiger partial charge in [-0.3, -0.25) is 0 Å². The van der Waals surface area contributed by atoms with Crippen molar-refractivity contribution < 1.29 is 0 Å². The zero-order valence-electron chi connectivity index (χ0n) is 8.60. The van der Waals surface area contributed by atoms with Gasteiger partial charge >= 0.3 is 90.1 Å². The Labute approximate surface area is 90.2 Å². The SMILES string of the molecule is C[PH](C)(C)Cc1ccc(CBr)cc1. The van der Waals surface area contributed by atoms with E-state index in [1.165, 1.54) is 17.3 Å². The third kappa shape index (κ3) is 4.24. The number of alkyl halides is 1.